The number of nitrogens with zero attached hydrogens (tertiary/aromatic N) is 4. The van der Waals surface area contributed by atoms with Crippen LogP contribution in [0, 0.1) is 17.0 Å². The van der Waals surface area contributed by atoms with Gasteiger partial charge in [0, 0.05) is 17.7 Å². The number of nitrogens with one attached hydrogen (secondary N) is 1. The van der Waals surface area contributed by atoms with Crippen LogP contribution in [0.25, 0.3) is 0 Å². The van der Waals surface area contributed by atoms with E-state index in [9.17, 15) is 23.1 Å². The molecule has 158 valence electrons. The zero-order chi connectivity index (χ0) is 22.2. The number of nitro benzene ring substituents is 1. The fraction of sp³-hybridized carbons (Fsp3) is 0.0500. The molecule has 1 aliphatic heterocycles. The van der Waals surface area contributed by atoms with Gasteiger partial charge in [0.2, 0.25) is 0 Å². The number of hydrazine groups is 2. The van der Waals surface area contributed by atoms with Crippen molar-refractivity contribution in [2.24, 2.45) is 5.10 Å². The topological polar surface area (TPSA) is 128 Å². The first-order valence-corrected chi connectivity index (χ1v) is 10.5. The molecule has 3 aromatic carbocycles. The molecule has 0 aliphatic carbocycles. The lowest BCUT2D eigenvalue weighted by Crippen LogP contribution is -2.44. The molecule has 31 heavy (non-hydrogen) atoms. The van der Waals surface area contributed by atoms with Gasteiger partial charge in [-0.25, -0.2) is 0 Å². The predicted molar refractivity (Wildman–Crippen MR) is 115 cm³/mol. The van der Waals surface area contributed by atoms with Crippen LogP contribution in [0.15, 0.2) is 82.8 Å². The Hall–Kier alpha value is -3.96. The van der Waals surface area contributed by atoms with Gasteiger partial charge in [-0.05, 0) is 43.3 Å². The van der Waals surface area contributed by atoms with E-state index in [0.29, 0.717) is 11.4 Å². The molecule has 3 aromatic rings. The molecular weight excluding hydrogens is 422 g/mol. The molecule has 0 saturated carbocycles. The van der Waals surface area contributed by atoms with Crippen LogP contribution >= 0.6 is 0 Å². The van der Waals surface area contributed by atoms with Crippen LogP contribution in [0.5, 0.6) is 0 Å². The lowest BCUT2D eigenvalue weighted by molar-refractivity contribution is -0.384. The number of hydrogen-bond acceptors (Lipinski definition) is 8. The van der Waals surface area contributed by atoms with Crippen LogP contribution < -0.4 is 15.7 Å². The van der Waals surface area contributed by atoms with E-state index in [1.165, 1.54) is 40.6 Å². The number of nitro groups is 1. The van der Waals surface area contributed by atoms with Crippen LogP contribution in [0.4, 0.5) is 17.1 Å². The van der Waals surface area contributed by atoms with Crippen molar-refractivity contribution in [3.63, 3.8) is 0 Å². The van der Waals surface area contributed by atoms with Gasteiger partial charge in [-0.15, -0.1) is 5.10 Å². The number of rotatable bonds is 5. The van der Waals surface area contributed by atoms with Crippen molar-refractivity contribution in [3.05, 3.63) is 94.0 Å². The van der Waals surface area contributed by atoms with Crippen molar-refractivity contribution >= 4 is 33.0 Å². The average Bonchev–Trinajstić information content (AvgIpc) is 3.19. The lowest BCUT2D eigenvalue weighted by Gasteiger charge is -2.27. The summed E-state index contributed by atoms with van der Waals surface area (Å²) < 4.78 is 33.3. The highest BCUT2D eigenvalue weighted by Gasteiger charge is 2.29. The fourth-order valence-corrected chi connectivity index (χ4v) is 3.74. The highest BCUT2D eigenvalue weighted by Crippen LogP contribution is 2.28. The summed E-state index contributed by atoms with van der Waals surface area (Å²) in [7, 11) is -4.49. The summed E-state index contributed by atoms with van der Waals surface area (Å²) in [4.78, 5) is 10.2. The van der Waals surface area contributed by atoms with Crippen molar-refractivity contribution in [2.45, 2.75) is 11.8 Å². The van der Waals surface area contributed by atoms with Crippen molar-refractivity contribution in [1.29, 1.82) is 0 Å². The van der Waals surface area contributed by atoms with E-state index in [1.807, 2.05) is 31.2 Å². The molecule has 0 bridgehead atoms. The molecule has 11 heteroatoms. The van der Waals surface area contributed by atoms with Gasteiger partial charge in [0.25, 0.3) is 15.8 Å². The second kappa shape index (κ2) is 7.70. The van der Waals surface area contributed by atoms with Crippen molar-refractivity contribution < 1.29 is 17.9 Å². The van der Waals surface area contributed by atoms with Crippen molar-refractivity contribution in [2.75, 3.05) is 10.2 Å². The largest absolute Gasteiger partial charge is 0.295 e. The van der Waals surface area contributed by atoms with Crippen molar-refractivity contribution in [1.82, 2.24) is 5.43 Å². The minimum absolute atomic E-state index is 0.0669. The van der Waals surface area contributed by atoms with Gasteiger partial charge >= 0.3 is 0 Å². The summed E-state index contributed by atoms with van der Waals surface area (Å²) in [5.41, 5.74) is 5.34. The molecule has 0 fully saturated rings. The van der Waals surface area contributed by atoms with E-state index < -0.39 is 15.0 Å². The number of hydrogen-bond donors (Lipinski definition) is 2. The third-order valence-electron chi connectivity index (χ3n) is 4.59. The summed E-state index contributed by atoms with van der Waals surface area (Å²) in [5.74, 6) is 0.173. The summed E-state index contributed by atoms with van der Waals surface area (Å²) in [5, 5.41) is 18.5. The summed E-state index contributed by atoms with van der Waals surface area (Å²) >= 11 is 0. The Kier molecular flexibility index (Phi) is 5.05. The monoisotopic (exact) mass is 439 g/mol. The number of aryl methyl sites for hydroxylation is 1. The number of hydrazone groups is 1. The molecule has 0 amide bonds. The molecule has 1 aliphatic rings. The highest BCUT2D eigenvalue weighted by molar-refractivity contribution is 7.86. The van der Waals surface area contributed by atoms with Gasteiger partial charge in [-0.3, -0.25) is 20.1 Å². The second-order valence-electron chi connectivity index (χ2n) is 6.74. The average molecular weight is 439 g/mol. The quantitative estimate of drug-likeness (QED) is 0.352. The van der Waals surface area contributed by atoms with Crippen LogP contribution in [-0.4, -0.2) is 23.7 Å². The summed E-state index contributed by atoms with van der Waals surface area (Å²) in [6, 6.07) is 19.1. The van der Waals surface area contributed by atoms with Crippen LogP contribution in [0.3, 0.4) is 0 Å². The maximum absolute atomic E-state index is 11.8. The number of amidine groups is 1. The van der Waals surface area contributed by atoms with Gasteiger partial charge in [-0.1, -0.05) is 29.8 Å². The molecule has 2 N–H and O–H groups in total. The highest BCUT2D eigenvalue weighted by atomic mass is 32.2. The Balaban J connectivity index is 1.80. The SMILES string of the molecule is Cc1ccc(N2N=C(c3ccccc3S(=O)(=O)O)NN2c2ccc([N+](=O)[O-])cc2)cc1. The molecule has 0 unspecified atom stereocenters. The van der Waals surface area contributed by atoms with Crippen LogP contribution in [0.1, 0.15) is 11.1 Å². The van der Waals surface area contributed by atoms with Gasteiger partial charge in [0.15, 0.2) is 5.84 Å². The maximum Gasteiger partial charge on any atom is 0.295 e. The van der Waals surface area contributed by atoms with E-state index in [-0.39, 0.29) is 22.0 Å². The molecule has 0 atom stereocenters. The first-order chi connectivity index (χ1) is 14.7. The third-order valence-corrected chi connectivity index (χ3v) is 5.50. The number of non-ortho nitro benzene ring substituents is 1. The molecular formula is C20H17N5O5S. The molecule has 0 aromatic heterocycles. The Morgan fingerprint density at radius 3 is 2.19 bits per heavy atom. The Bertz CT molecular complexity index is 1270. The molecule has 1 heterocycles. The zero-order valence-electron chi connectivity index (χ0n) is 16.2. The Morgan fingerprint density at radius 1 is 0.968 bits per heavy atom. The summed E-state index contributed by atoms with van der Waals surface area (Å²) in [6.07, 6.45) is 0. The minimum atomic E-state index is -4.49. The standard InChI is InChI=1S/C20H17N5O5S/c1-14-6-8-15(9-7-14)23-21-20(18-4-2-3-5-19(18)31(28,29)30)22-24(23)16-10-12-17(13-11-16)25(26)27/h2-13H,1H3,(H,21,22)(H,28,29,30). The van der Waals surface area contributed by atoms with E-state index in [4.69, 9.17) is 0 Å². The van der Waals surface area contributed by atoms with Gasteiger partial charge in [0.05, 0.1) is 16.3 Å². The molecule has 0 saturated heterocycles. The van der Waals surface area contributed by atoms with Crippen molar-refractivity contribution in [3.8, 4) is 0 Å². The van der Waals surface area contributed by atoms with Crippen LogP contribution in [0.2, 0.25) is 0 Å². The normalized spacial score (nSPS) is 13.7. The van der Waals surface area contributed by atoms with Gasteiger partial charge < -0.3 is 0 Å². The zero-order valence-corrected chi connectivity index (χ0v) is 17.0. The molecule has 0 radical (unpaired) electrons. The summed E-state index contributed by atoms with van der Waals surface area (Å²) in [6.45, 7) is 1.94. The Labute approximate surface area is 177 Å². The van der Waals surface area contributed by atoms with Crippen LogP contribution in [-0.2, 0) is 10.1 Å². The van der Waals surface area contributed by atoms with Gasteiger partial charge in [0.1, 0.15) is 4.90 Å². The minimum Gasteiger partial charge on any atom is -0.282 e. The predicted octanol–water partition coefficient (Wildman–Crippen LogP) is 3.26. The fourth-order valence-electron chi connectivity index (χ4n) is 3.05. The Morgan fingerprint density at radius 2 is 1.58 bits per heavy atom. The van der Waals surface area contributed by atoms with E-state index in [2.05, 4.69) is 10.5 Å². The lowest BCUT2D eigenvalue weighted by atomic mass is 10.2. The van der Waals surface area contributed by atoms with Gasteiger partial charge in [-0.2, -0.15) is 18.7 Å². The number of anilines is 2. The van der Waals surface area contributed by atoms with E-state index >= 15 is 0 Å². The molecule has 0 spiro atoms. The molecule has 10 nitrogen and oxygen atoms in total. The first-order valence-electron chi connectivity index (χ1n) is 9.07. The van der Waals surface area contributed by atoms with E-state index in [1.54, 1.807) is 18.2 Å². The third kappa shape index (κ3) is 4.04. The smallest absolute Gasteiger partial charge is 0.282 e. The maximum atomic E-state index is 11.8. The number of benzene rings is 3. The van der Waals surface area contributed by atoms with E-state index in [0.717, 1.165) is 5.56 Å². The first kappa shape index (κ1) is 20.3. The second-order valence-corrected chi connectivity index (χ2v) is 8.13. The molecule has 4 rings (SSSR count).